The molecule has 0 unspecified atom stereocenters. The number of anilines is 3. The highest BCUT2D eigenvalue weighted by atomic mass is 15.1. The maximum absolute atomic E-state index is 2.50. The molecule has 0 atom stereocenters. The zero-order valence-electron chi connectivity index (χ0n) is 37.5. The van der Waals surface area contributed by atoms with Crippen LogP contribution < -0.4 is 4.90 Å². The first-order valence-electron chi connectivity index (χ1n) is 23.3. The van der Waals surface area contributed by atoms with E-state index in [9.17, 15) is 0 Å². The quantitative estimate of drug-likeness (QED) is 0.133. The number of aromatic nitrogens is 1. The Bertz CT molecular complexity index is 3710. The highest BCUT2D eigenvalue weighted by molar-refractivity contribution is 6.16. The molecular weight excluding hydrogens is 821 g/mol. The van der Waals surface area contributed by atoms with E-state index in [2.05, 4.69) is 289 Å². The molecule has 0 aliphatic heterocycles. The van der Waals surface area contributed by atoms with Crippen LogP contribution in [0.25, 0.3) is 94.3 Å². The molecule has 0 spiro atoms. The van der Waals surface area contributed by atoms with Gasteiger partial charge in [0, 0.05) is 33.3 Å². The molecule has 320 valence electrons. The third-order valence-electron chi connectivity index (χ3n) is 13.2. The van der Waals surface area contributed by atoms with Crippen molar-refractivity contribution in [2.75, 3.05) is 4.90 Å². The van der Waals surface area contributed by atoms with E-state index in [1.54, 1.807) is 0 Å². The van der Waals surface area contributed by atoms with Crippen molar-refractivity contribution in [3.8, 4) is 72.4 Å². The number of nitrogens with zero attached hydrogens (tertiary/aromatic N) is 2. The van der Waals surface area contributed by atoms with Crippen molar-refractivity contribution < 1.29 is 0 Å². The fourth-order valence-electron chi connectivity index (χ4n) is 10.2. The lowest BCUT2D eigenvalue weighted by Gasteiger charge is -2.32. The topological polar surface area (TPSA) is 8.17 Å². The molecule has 68 heavy (non-hydrogen) atoms. The molecule has 0 aliphatic rings. The summed E-state index contributed by atoms with van der Waals surface area (Å²) in [5, 5.41) is 2.46. The highest BCUT2D eigenvalue weighted by Gasteiger charge is 2.25. The fraction of sp³-hybridized carbons (Fsp3) is 0. The number of fused-ring (bicyclic) bond motifs is 3. The van der Waals surface area contributed by atoms with E-state index in [0.717, 1.165) is 61.7 Å². The average molecular weight is 867 g/mol. The maximum Gasteiger partial charge on any atom is 0.0547 e. The van der Waals surface area contributed by atoms with Gasteiger partial charge in [-0.1, -0.05) is 231 Å². The molecule has 2 heteroatoms. The Morgan fingerprint density at radius 2 is 0.721 bits per heavy atom. The lowest BCUT2D eigenvalue weighted by Crippen LogP contribution is -2.13. The van der Waals surface area contributed by atoms with Crippen molar-refractivity contribution in [3.63, 3.8) is 0 Å². The van der Waals surface area contributed by atoms with E-state index in [1.165, 1.54) is 49.6 Å². The first-order chi connectivity index (χ1) is 33.8. The Balaban J connectivity index is 1.12. The van der Waals surface area contributed by atoms with E-state index in [-0.39, 0.29) is 0 Å². The summed E-state index contributed by atoms with van der Waals surface area (Å²) < 4.78 is 2.40. The number of para-hydroxylation sites is 3. The minimum absolute atomic E-state index is 1.06. The van der Waals surface area contributed by atoms with Crippen LogP contribution in [0.1, 0.15) is 0 Å². The monoisotopic (exact) mass is 866 g/mol. The first-order valence-corrected chi connectivity index (χ1v) is 23.3. The van der Waals surface area contributed by atoms with Crippen molar-refractivity contribution in [2.24, 2.45) is 0 Å². The van der Waals surface area contributed by atoms with Crippen LogP contribution in [-0.4, -0.2) is 4.57 Å². The van der Waals surface area contributed by atoms with Gasteiger partial charge in [0.15, 0.2) is 0 Å². The molecule has 2 nitrogen and oxygen atoms in total. The van der Waals surface area contributed by atoms with Gasteiger partial charge in [-0.3, -0.25) is 0 Å². The maximum atomic E-state index is 2.50. The van der Waals surface area contributed by atoms with Crippen LogP contribution in [0.2, 0.25) is 0 Å². The third-order valence-corrected chi connectivity index (χ3v) is 13.2. The zero-order chi connectivity index (χ0) is 45.2. The fourth-order valence-corrected chi connectivity index (χ4v) is 10.2. The lowest BCUT2D eigenvalue weighted by atomic mass is 9.87. The van der Waals surface area contributed by atoms with Crippen LogP contribution in [0.4, 0.5) is 17.1 Å². The number of benzene rings is 11. The molecule has 11 aromatic carbocycles. The van der Waals surface area contributed by atoms with Crippen molar-refractivity contribution in [2.45, 2.75) is 0 Å². The Morgan fingerprint density at radius 1 is 0.265 bits per heavy atom. The summed E-state index contributed by atoms with van der Waals surface area (Å²) >= 11 is 0. The molecule has 0 bridgehead atoms. The van der Waals surface area contributed by atoms with Gasteiger partial charge < -0.3 is 9.47 Å². The number of hydrogen-bond donors (Lipinski definition) is 0. The number of hydrogen-bond acceptors (Lipinski definition) is 1. The van der Waals surface area contributed by atoms with Crippen molar-refractivity contribution in [1.29, 1.82) is 0 Å². The summed E-state index contributed by atoms with van der Waals surface area (Å²) in [6.45, 7) is 0. The molecule has 0 amide bonds. The van der Waals surface area contributed by atoms with Gasteiger partial charge in [-0.05, 0) is 104 Å². The second kappa shape index (κ2) is 17.8. The predicted molar refractivity (Wildman–Crippen MR) is 288 cm³/mol. The summed E-state index contributed by atoms with van der Waals surface area (Å²) in [5.41, 5.74) is 20.7. The van der Waals surface area contributed by atoms with Gasteiger partial charge in [-0.25, -0.2) is 0 Å². The zero-order valence-corrected chi connectivity index (χ0v) is 37.5. The van der Waals surface area contributed by atoms with Gasteiger partial charge in [0.05, 0.1) is 22.4 Å². The van der Waals surface area contributed by atoms with Gasteiger partial charge in [-0.2, -0.15) is 0 Å². The molecule has 0 aliphatic carbocycles. The van der Waals surface area contributed by atoms with E-state index >= 15 is 0 Å². The number of rotatable bonds is 10. The normalized spacial score (nSPS) is 11.2. The molecule has 0 fully saturated rings. The van der Waals surface area contributed by atoms with Crippen LogP contribution >= 0.6 is 0 Å². The van der Waals surface area contributed by atoms with Gasteiger partial charge in [0.1, 0.15) is 0 Å². The Kier molecular flexibility index (Phi) is 10.6. The summed E-state index contributed by atoms with van der Waals surface area (Å²) in [4.78, 5) is 2.50. The third kappa shape index (κ3) is 7.35. The molecule has 1 aromatic heterocycles. The van der Waals surface area contributed by atoms with Gasteiger partial charge in [0.2, 0.25) is 0 Å². The summed E-state index contributed by atoms with van der Waals surface area (Å²) in [6, 6.07) is 101. The van der Waals surface area contributed by atoms with Crippen LogP contribution in [0.5, 0.6) is 0 Å². The summed E-state index contributed by atoms with van der Waals surface area (Å²) in [6.07, 6.45) is 0. The van der Waals surface area contributed by atoms with Gasteiger partial charge >= 0.3 is 0 Å². The van der Waals surface area contributed by atoms with Crippen molar-refractivity contribution >= 4 is 38.9 Å². The average Bonchev–Trinajstić information content (AvgIpc) is 3.77. The second-order valence-electron chi connectivity index (χ2n) is 17.2. The SMILES string of the molecule is c1ccc(-c2ccc(-c3ccccc3N(c3cccc(-c4cccc5c4c4ccccc4n5-c4ccccc4)c3)c3cccc(-c4ccccc4)c3-c3ccccc3-c3ccccc3)cc2)cc1. The highest BCUT2D eigenvalue weighted by Crippen LogP contribution is 2.50. The molecule has 12 aromatic rings. The van der Waals surface area contributed by atoms with Crippen molar-refractivity contribution in [3.05, 3.63) is 279 Å². The first kappa shape index (κ1) is 40.5. The smallest absolute Gasteiger partial charge is 0.0547 e. The minimum atomic E-state index is 1.06. The van der Waals surface area contributed by atoms with E-state index < -0.39 is 0 Å². The Labute approximate surface area is 397 Å². The van der Waals surface area contributed by atoms with Crippen LogP contribution in [0.15, 0.2) is 279 Å². The van der Waals surface area contributed by atoms with E-state index in [0.29, 0.717) is 0 Å². The molecule has 0 N–H and O–H groups in total. The molecular formula is C66H46N2. The van der Waals surface area contributed by atoms with Crippen LogP contribution in [-0.2, 0) is 0 Å². The Hall–Kier alpha value is -8.98. The Morgan fingerprint density at radius 3 is 1.46 bits per heavy atom. The van der Waals surface area contributed by atoms with E-state index in [1.807, 2.05) is 0 Å². The van der Waals surface area contributed by atoms with Crippen LogP contribution in [0, 0.1) is 0 Å². The molecule has 12 rings (SSSR count). The molecule has 0 saturated carbocycles. The summed E-state index contributed by atoms with van der Waals surface area (Å²) in [5.74, 6) is 0. The summed E-state index contributed by atoms with van der Waals surface area (Å²) in [7, 11) is 0. The lowest BCUT2D eigenvalue weighted by molar-refractivity contribution is 1.18. The van der Waals surface area contributed by atoms with Crippen LogP contribution in [0.3, 0.4) is 0 Å². The minimum Gasteiger partial charge on any atom is -0.309 e. The predicted octanol–water partition coefficient (Wildman–Crippen LogP) is 18.3. The largest absolute Gasteiger partial charge is 0.309 e. The molecule has 0 saturated heterocycles. The standard InChI is InChI=1S/C66H46N2/c1-5-22-47(23-6-1)48-42-44-51(45-43-48)56-33-15-17-38-61(56)68(63-40-20-36-57(50-26-9-3-10-27-50)65(63)59-34-14-13-32-55(59)49-24-7-2-8-25-49)54-31-19-28-52(46-54)58-37-21-41-64-66(58)60-35-16-18-39-62(60)67(64)53-29-11-4-12-30-53/h1-46H. The van der Waals surface area contributed by atoms with Gasteiger partial charge in [-0.15, -0.1) is 0 Å². The van der Waals surface area contributed by atoms with E-state index in [4.69, 9.17) is 0 Å². The second-order valence-corrected chi connectivity index (χ2v) is 17.2. The van der Waals surface area contributed by atoms with Gasteiger partial charge in [0.25, 0.3) is 0 Å². The molecule has 1 heterocycles. The molecule has 0 radical (unpaired) electrons. The van der Waals surface area contributed by atoms with Crippen molar-refractivity contribution in [1.82, 2.24) is 4.57 Å².